The van der Waals surface area contributed by atoms with E-state index in [0.29, 0.717) is 12.1 Å². The lowest BCUT2D eigenvalue weighted by Gasteiger charge is -2.22. The molecule has 132 valence electrons. The quantitative estimate of drug-likeness (QED) is 0.828. The fraction of sp³-hybridized carbons (Fsp3) is 0.389. The van der Waals surface area contributed by atoms with Gasteiger partial charge in [-0.3, -0.25) is 9.69 Å². The second-order valence-corrected chi connectivity index (χ2v) is 5.90. The maximum Gasteiger partial charge on any atom is 0.251 e. The van der Waals surface area contributed by atoms with Crippen molar-refractivity contribution in [3.8, 4) is 5.75 Å². The number of nitrogens with zero attached hydrogens (tertiary/aromatic N) is 1. The molecule has 1 N–H and O–H groups in total. The van der Waals surface area contributed by atoms with Crippen molar-refractivity contribution in [2.24, 2.45) is 0 Å². The summed E-state index contributed by atoms with van der Waals surface area (Å²) < 4.78 is 11.0. The largest absolute Gasteiger partial charge is 0.491 e. The standard InChI is InChI=1S/C18H24N2O3.ClH/c1-13(2)23-15-9-7-14(8-10-15)18(21)19-12-16(20(3)4)17-6-5-11-22-17;/h5-11,13,16H,12H2,1-4H3,(H,19,21);1H. The SMILES string of the molecule is CC(C)Oc1ccc(C(=O)NCC(c2ccco2)N(C)C)cc1.Cl. The van der Waals surface area contributed by atoms with Crippen LogP contribution in [0.2, 0.25) is 0 Å². The predicted molar refractivity (Wildman–Crippen MR) is 96.9 cm³/mol. The van der Waals surface area contributed by atoms with E-state index in [9.17, 15) is 4.79 Å². The summed E-state index contributed by atoms with van der Waals surface area (Å²) in [4.78, 5) is 14.3. The van der Waals surface area contributed by atoms with Gasteiger partial charge in [0, 0.05) is 12.1 Å². The van der Waals surface area contributed by atoms with Crippen molar-refractivity contribution in [1.82, 2.24) is 10.2 Å². The van der Waals surface area contributed by atoms with Crippen LogP contribution in [0.15, 0.2) is 47.1 Å². The van der Waals surface area contributed by atoms with Gasteiger partial charge in [0.15, 0.2) is 0 Å². The Labute approximate surface area is 149 Å². The number of furan rings is 1. The predicted octanol–water partition coefficient (Wildman–Crippen LogP) is 3.52. The Morgan fingerprint density at radius 1 is 1.21 bits per heavy atom. The number of carbonyl (C=O) groups is 1. The number of hydrogen-bond acceptors (Lipinski definition) is 4. The van der Waals surface area contributed by atoms with Crippen LogP contribution in [0.4, 0.5) is 0 Å². The number of rotatable bonds is 7. The summed E-state index contributed by atoms with van der Waals surface area (Å²) in [5.41, 5.74) is 0.609. The number of amides is 1. The molecular weight excluding hydrogens is 328 g/mol. The average Bonchev–Trinajstić information content (AvgIpc) is 3.01. The molecule has 1 heterocycles. The Morgan fingerprint density at radius 2 is 1.88 bits per heavy atom. The minimum absolute atomic E-state index is 0. The highest BCUT2D eigenvalue weighted by Gasteiger charge is 2.18. The first kappa shape index (κ1) is 20.1. The van der Waals surface area contributed by atoms with Crippen LogP contribution < -0.4 is 10.1 Å². The van der Waals surface area contributed by atoms with E-state index in [0.717, 1.165) is 11.5 Å². The molecule has 1 atom stereocenters. The van der Waals surface area contributed by atoms with Gasteiger partial charge in [-0.1, -0.05) is 0 Å². The fourth-order valence-electron chi connectivity index (χ4n) is 2.27. The van der Waals surface area contributed by atoms with E-state index in [1.165, 1.54) is 0 Å². The Kier molecular flexibility index (Phi) is 7.82. The topological polar surface area (TPSA) is 54.7 Å². The van der Waals surface area contributed by atoms with E-state index in [-0.39, 0.29) is 30.5 Å². The van der Waals surface area contributed by atoms with Gasteiger partial charge >= 0.3 is 0 Å². The van der Waals surface area contributed by atoms with E-state index in [4.69, 9.17) is 9.15 Å². The highest BCUT2D eigenvalue weighted by Crippen LogP contribution is 2.18. The molecule has 2 aromatic rings. The van der Waals surface area contributed by atoms with Crippen molar-refractivity contribution in [2.45, 2.75) is 26.0 Å². The monoisotopic (exact) mass is 352 g/mol. The molecule has 1 aromatic heterocycles. The van der Waals surface area contributed by atoms with Gasteiger partial charge in [0.2, 0.25) is 0 Å². The smallest absolute Gasteiger partial charge is 0.251 e. The first-order chi connectivity index (χ1) is 11.0. The lowest BCUT2D eigenvalue weighted by Crippen LogP contribution is -2.34. The van der Waals surface area contributed by atoms with Gasteiger partial charge in [-0.05, 0) is 64.3 Å². The Bertz CT molecular complexity index is 610. The molecule has 0 aliphatic carbocycles. The number of benzene rings is 1. The highest BCUT2D eigenvalue weighted by atomic mass is 35.5. The van der Waals surface area contributed by atoms with Crippen LogP contribution in [0, 0.1) is 0 Å². The molecule has 2 rings (SSSR count). The Hall–Kier alpha value is -1.98. The van der Waals surface area contributed by atoms with Gasteiger partial charge < -0.3 is 14.5 Å². The number of ether oxygens (including phenoxy) is 1. The zero-order valence-electron chi connectivity index (χ0n) is 14.5. The van der Waals surface area contributed by atoms with Crippen LogP contribution in [0.5, 0.6) is 5.75 Å². The molecule has 0 aliphatic rings. The van der Waals surface area contributed by atoms with Gasteiger partial charge in [-0.25, -0.2) is 0 Å². The molecular formula is C18H25ClN2O3. The van der Waals surface area contributed by atoms with Crippen molar-refractivity contribution in [3.05, 3.63) is 54.0 Å². The molecule has 6 heteroatoms. The molecule has 0 spiro atoms. The maximum absolute atomic E-state index is 12.3. The number of carbonyl (C=O) groups excluding carboxylic acids is 1. The number of likely N-dealkylation sites (N-methyl/N-ethyl adjacent to an activating group) is 1. The van der Waals surface area contributed by atoms with Gasteiger partial charge in [0.05, 0.1) is 18.4 Å². The molecule has 24 heavy (non-hydrogen) atoms. The molecule has 0 bridgehead atoms. The molecule has 0 fully saturated rings. The van der Waals surface area contributed by atoms with Gasteiger partial charge in [0.1, 0.15) is 11.5 Å². The first-order valence-electron chi connectivity index (χ1n) is 7.72. The minimum Gasteiger partial charge on any atom is -0.491 e. The van der Waals surface area contributed by atoms with Crippen LogP contribution in [0.25, 0.3) is 0 Å². The number of nitrogens with one attached hydrogen (secondary N) is 1. The van der Waals surface area contributed by atoms with Crippen LogP contribution in [-0.4, -0.2) is 37.6 Å². The van der Waals surface area contributed by atoms with E-state index in [1.54, 1.807) is 18.4 Å². The summed E-state index contributed by atoms with van der Waals surface area (Å²) in [6, 6.07) is 10.9. The average molecular weight is 353 g/mol. The third kappa shape index (κ3) is 5.58. The van der Waals surface area contributed by atoms with Crippen LogP contribution in [-0.2, 0) is 0 Å². The molecule has 0 radical (unpaired) electrons. The molecule has 0 saturated carbocycles. The lowest BCUT2D eigenvalue weighted by molar-refractivity contribution is 0.0939. The fourth-order valence-corrected chi connectivity index (χ4v) is 2.27. The van der Waals surface area contributed by atoms with E-state index >= 15 is 0 Å². The van der Waals surface area contributed by atoms with Crippen LogP contribution in [0.1, 0.15) is 36.0 Å². The Balaban J connectivity index is 0.00000288. The van der Waals surface area contributed by atoms with Gasteiger partial charge in [-0.2, -0.15) is 0 Å². The number of halogens is 1. The van der Waals surface area contributed by atoms with Crippen molar-refractivity contribution in [2.75, 3.05) is 20.6 Å². The van der Waals surface area contributed by atoms with Crippen LogP contribution in [0.3, 0.4) is 0 Å². The minimum atomic E-state index is -0.112. The zero-order chi connectivity index (χ0) is 16.8. The highest BCUT2D eigenvalue weighted by molar-refractivity contribution is 5.94. The van der Waals surface area contributed by atoms with Crippen molar-refractivity contribution in [3.63, 3.8) is 0 Å². The third-order valence-electron chi connectivity index (χ3n) is 3.44. The van der Waals surface area contributed by atoms with Crippen LogP contribution >= 0.6 is 12.4 Å². The molecule has 0 saturated heterocycles. The first-order valence-corrected chi connectivity index (χ1v) is 7.72. The van der Waals surface area contributed by atoms with E-state index < -0.39 is 0 Å². The van der Waals surface area contributed by atoms with E-state index in [1.807, 2.05) is 57.1 Å². The molecule has 0 aliphatic heterocycles. The zero-order valence-corrected chi connectivity index (χ0v) is 15.3. The third-order valence-corrected chi connectivity index (χ3v) is 3.44. The summed E-state index contributed by atoms with van der Waals surface area (Å²) in [7, 11) is 3.91. The normalized spacial score (nSPS) is 11.9. The molecule has 1 amide bonds. The van der Waals surface area contributed by atoms with Crippen molar-refractivity contribution >= 4 is 18.3 Å². The van der Waals surface area contributed by atoms with Gasteiger partial charge in [-0.15, -0.1) is 12.4 Å². The second kappa shape index (κ2) is 9.35. The second-order valence-electron chi connectivity index (χ2n) is 5.90. The maximum atomic E-state index is 12.3. The van der Waals surface area contributed by atoms with Crippen molar-refractivity contribution in [1.29, 1.82) is 0 Å². The molecule has 5 nitrogen and oxygen atoms in total. The summed E-state index contributed by atoms with van der Waals surface area (Å²) in [6.07, 6.45) is 1.75. The summed E-state index contributed by atoms with van der Waals surface area (Å²) >= 11 is 0. The molecule has 1 aromatic carbocycles. The summed E-state index contributed by atoms with van der Waals surface area (Å²) in [5, 5.41) is 2.95. The summed E-state index contributed by atoms with van der Waals surface area (Å²) in [6.45, 7) is 4.41. The number of hydrogen-bond donors (Lipinski definition) is 1. The molecule has 1 unspecified atom stereocenters. The summed E-state index contributed by atoms with van der Waals surface area (Å²) in [5.74, 6) is 1.48. The Morgan fingerprint density at radius 3 is 2.38 bits per heavy atom. The van der Waals surface area contributed by atoms with E-state index in [2.05, 4.69) is 5.32 Å². The van der Waals surface area contributed by atoms with Gasteiger partial charge in [0.25, 0.3) is 5.91 Å². The van der Waals surface area contributed by atoms with Crippen molar-refractivity contribution < 1.29 is 13.9 Å². The lowest BCUT2D eigenvalue weighted by atomic mass is 10.1.